The van der Waals surface area contributed by atoms with Gasteiger partial charge in [-0.05, 0) is 36.0 Å². The monoisotopic (exact) mass is 265 g/mol. The van der Waals surface area contributed by atoms with Gasteiger partial charge in [-0.1, -0.05) is 58.0 Å². The van der Waals surface area contributed by atoms with Gasteiger partial charge in [0.15, 0.2) is 8.32 Å². The first-order chi connectivity index (χ1) is 8.65. The minimum atomic E-state index is -1.70. The van der Waals surface area contributed by atoms with Crippen molar-refractivity contribution in [2.45, 2.75) is 52.2 Å². The molecule has 2 heteroatoms. The van der Waals surface area contributed by atoms with Gasteiger partial charge in [0.05, 0.1) is 0 Å². The Balaban J connectivity index is 2.59. The first kappa shape index (κ1) is 13.8. The molecule has 2 atom stereocenters. The fourth-order valence-corrected chi connectivity index (χ4v) is 2.61. The molecular formula is C16H28OSi. The third-order valence-electron chi connectivity index (χ3n) is 3.79. The Hall–Kier alpha value is -0.603. The first-order valence-corrected chi connectivity index (χ1v) is 9.67. The highest BCUT2D eigenvalue weighted by Gasteiger charge is 2.37. The van der Waals surface area contributed by atoms with Gasteiger partial charge in [-0.25, -0.2) is 0 Å². The average molecular weight is 265 g/mol. The highest BCUT2D eigenvalue weighted by atomic mass is 28.4. The van der Waals surface area contributed by atoms with E-state index in [9.17, 15) is 0 Å². The molecule has 1 rings (SSSR count). The third-order valence-corrected chi connectivity index (χ3v) is 8.29. The molecule has 0 spiro atoms. The van der Waals surface area contributed by atoms with Gasteiger partial charge in [0.25, 0.3) is 0 Å². The van der Waals surface area contributed by atoms with Gasteiger partial charge in [0.2, 0.25) is 0 Å². The molecule has 0 fully saturated rings. The third kappa shape index (κ3) is 4.58. The number of hydrogen-bond acceptors (Lipinski definition) is 1. The summed E-state index contributed by atoms with van der Waals surface area (Å²) in [6, 6.07) is 10.0. The average Bonchev–Trinajstić information content (AvgIpc) is 2.35. The molecule has 1 nitrogen and oxygen atoms in total. The van der Waals surface area contributed by atoms with Crippen molar-refractivity contribution >= 4 is 8.32 Å². The fourth-order valence-electron chi connectivity index (χ4n) is 1.50. The summed E-state index contributed by atoms with van der Waals surface area (Å²) in [5, 5.41) is 0.233. The van der Waals surface area contributed by atoms with E-state index < -0.39 is 8.32 Å². The molecule has 0 heterocycles. The highest BCUT2D eigenvalue weighted by molar-refractivity contribution is 6.74. The van der Waals surface area contributed by atoms with E-state index in [1.165, 1.54) is 0 Å². The van der Waals surface area contributed by atoms with Crippen molar-refractivity contribution in [1.29, 1.82) is 0 Å². The van der Waals surface area contributed by atoms with Gasteiger partial charge in [0, 0.05) is 7.98 Å². The number of benzene rings is 1. The largest absolute Gasteiger partial charge is 0.417 e. The summed E-state index contributed by atoms with van der Waals surface area (Å²) >= 11 is 0. The first-order valence-electron chi connectivity index (χ1n) is 7.34. The molecule has 0 N–H and O–H groups in total. The molecule has 0 aliphatic heterocycles. The zero-order chi connectivity index (χ0) is 14.7. The maximum atomic E-state index is 8.32. The van der Waals surface area contributed by atoms with Crippen LogP contribution in [0.4, 0.5) is 0 Å². The van der Waals surface area contributed by atoms with Crippen LogP contribution in [0.15, 0.2) is 30.3 Å². The van der Waals surface area contributed by atoms with Crippen molar-refractivity contribution in [3.05, 3.63) is 35.9 Å². The summed E-state index contributed by atoms with van der Waals surface area (Å²) in [6.07, 6.45) is -0.203. The summed E-state index contributed by atoms with van der Waals surface area (Å²) in [4.78, 5) is 0. The number of rotatable bonds is 5. The van der Waals surface area contributed by atoms with Crippen LogP contribution < -0.4 is 0 Å². The van der Waals surface area contributed by atoms with Crippen LogP contribution in [-0.4, -0.2) is 14.9 Å². The zero-order valence-corrected chi connectivity index (χ0v) is 13.7. The van der Waals surface area contributed by atoms with Crippen LogP contribution in [0, 0.1) is 5.92 Å². The van der Waals surface area contributed by atoms with Gasteiger partial charge in [-0.15, -0.1) is 0 Å². The van der Waals surface area contributed by atoms with Crippen LogP contribution in [0.3, 0.4) is 0 Å². The molecular weight excluding hydrogens is 236 g/mol. The summed E-state index contributed by atoms with van der Waals surface area (Å²) < 4.78 is 14.5. The lowest BCUT2D eigenvalue weighted by molar-refractivity contribution is 0.237. The summed E-state index contributed by atoms with van der Waals surface area (Å²) in [5.41, 5.74) is 1.08. The van der Waals surface area contributed by atoms with Crippen LogP contribution in [0.25, 0.3) is 0 Å². The topological polar surface area (TPSA) is 9.23 Å². The van der Waals surface area contributed by atoms with Crippen molar-refractivity contribution in [3.8, 4) is 0 Å². The maximum Gasteiger partial charge on any atom is 0.191 e. The molecule has 2 unspecified atom stereocenters. The smallest absolute Gasteiger partial charge is 0.191 e. The lowest BCUT2D eigenvalue weighted by atomic mass is 10.0. The Morgan fingerprint density at radius 3 is 2.28 bits per heavy atom. The van der Waals surface area contributed by atoms with Crippen molar-refractivity contribution < 1.29 is 5.80 Å². The van der Waals surface area contributed by atoms with Gasteiger partial charge >= 0.3 is 0 Å². The minimum Gasteiger partial charge on any atom is -0.417 e. The normalized spacial score (nSPS) is 17.1. The van der Waals surface area contributed by atoms with Crippen LogP contribution in [-0.2, 0) is 10.8 Å². The van der Waals surface area contributed by atoms with Crippen molar-refractivity contribution in [1.82, 2.24) is 0 Å². The Labute approximate surface area is 115 Å². The van der Waals surface area contributed by atoms with E-state index in [-0.39, 0.29) is 17.4 Å². The summed E-state index contributed by atoms with van der Waals surface area (Å²) in [7, 11) is -1.70. The van der Waals surface area contributed by atoms with Crippen LogP contribution in [0.5, 0.6) is 0 Å². The second-order valence-corrected chi connectivity index (χ2v) is 11.4. The van der Waals surface area contributed by atoms with E-state index in [4.69, 9.17) is 5.80 Å². The molecule has 0 bridgehead atoms. The van der Waals surface area contributed by atoms with Gasteiger partial charge < -0.3 is 4.43 Å². The van der Waals surface area contributed by atoms with Crippen molar-refractivity contribution in [2.75, 3.05) is 6.61 Å². The number of hydrogen-bond donors (Lipinski definition) is 0. The SMILES string of the molecule is [2H]C(c1ccccc1)C(C)CO[Si](C)(C)C(C)(C)C. The van der Waals surface area contributed by atoms with E-state index in [1.54, 1.807) is 0 Å². The molecule has 0 aromatic heterocycles. The van der Waals surface area contributed by atoms with Crippen LogP contribution in [0.2, 0.25) is 18.1 Å². The summed E-state index contributed by atoms with van der Waals surface area (Å²) in [6.45, 7) is 14.1. The molecule has 0 aliphatic carbocycles. The van der Waals surface area contributed by atoms with E-state index in [0.29, 0.717) is 6.61 Å². The van der Waals surface area contributed by atoms with Crippen molar-refractivity contribution in [2.24, 2.45) is 5.92 Å². The van der Waals surface area contributed by atoms with Gasteiger partial charge in [-0.2, -0.15) is 0 Å². The molecule has 102 valence electrons. The molecule has 0 saturated heterocycles. The second-order valence-electron chi connectivity index (χ2n) is 6.63. The fraction of sp³-hybridized carbons (Fsp3) is 0.625. The van der Waals surface area contributed by atoms with Crippen LogP contribution in [0.1, 0.15) is 34.6 Å². The molecule has 1 aromatic rings. The molecule has 0 saturated carbocycles. The lowest BCUT2D eigenvalue weighted by Crippen LogP contribution is -2.41. The summed E-state index contributed by atoms with van der Waals surface area (Å²) in [5.74, 6) is 0.219. The van der Waals surface area contributed by atoms with Crippen LogP contribution >= 0.6 is 0 Å². The van der Waals surface area contributed by atoms with E-state index >= 15 is 0 Å². The Morgan fingerprint density at radius 2 is 1.78 bits per heavy atom. The maximum absolute atomic E-state index is 8.32. The predicted octanol–water partition coefficient (Wildman–Crippen LogP) is 4.89. The molecule has 1 aromatic carbocycles. The molecule has 0 radical (unpaired) electrons. The predicted molar refractivity (Wildman–Crippen MR) is 82.5 cm³/mol. The Morgan fingerprint density at radius 1 is 1.22 bits per heavy atom. The zero-order valence-electron chi connectivity index (χ0n) is 13.7. The molecule has 0 amide bonds. The molecule has 0 aliphatic rings. The highest BCUT2D eigenvalue weighted by Crippen LogP contribution is 2.36. The molecule has 18 heavy (non-hydrogen) atoms. The quantitative estimate of drug-likeness (QED) is 0.689. The van der Waals surface area contributed by atoms with E-state index in [2.05, 4.69) is 40.8 Å². The second kappa shape index (κ2) is 6.03. The standard InChI is InChI=1S/C16H28OSi/c1-14(12-15-10-8-7-9-11-15)13-17-18(5,6)16(2,3)4/h7-11,14H,12-13H2,1-6H3/i12D. The lowest BCUT2D eigenvalue weighted by Gasteiger charge is -2.37. The minimum absolute atomic E-state index is 0.203. The van der Waals surface area contributed by atoms with E-state index in [0.717, 1.165) is 5.56 Å². The van der Waals surface area contributed by atoms with Gasteiger partial charge in [-0.3, -0.25) is 0 Å². The van der Waals surface area contributed by atoms with E-state index in [1.807, 2.05) is 30.3 Å². The Kier molecular flexibility index (Phi) is 4.63. The Bertz CT molecular complexity index is 383. The van der Waals surface area contributed by atoms with Gasteiger partial charge in [0.1, 0.15) is 0 Å². The van der Waals surface area contributed by atoms with Crippen molar-refractivity contribution in [3.63, 3.8) is 0 Å².